The van der Waals surface area contributed by atoms with Crippen LogP contribution in [-0.2, 0) is 10.0 Å². The summed E-state index contributed by atoms with van der Waals surface area (Å²) in [5.74, 6) is 0. The van der Waals surface area contributed by atoms with Crippen molar-refractivity contribution < 1.29 is 8.42 Å². The van der Waals surface area contributed by atoms with Crippen molar-refractivity contribution in [3.63, 3.8) is 0 Å². The first kappa shape index (κ1) is 7.72. The first-order chi connectivity index (χ1) is 3.62. The molecule has 0 saturated heterocycles. The monoisotopic (exact) mass is 198 g/mol. The Hall–Kier alpha value is -0.280. The van der Waals surface area contributed by atoms with Crippen molar-refractivity contribution in [1.82, 2.24) is 4.72 Å². The Morgan fingerprint density at radius 1 is 1.75 bits per heavy atom. The van der Waals surface area contributed by atoms with E-state index in [0.29, 0.717) is 0 Å². The van der Waals surface area contributed by atoms with E-state index in [2.05, 4.69) is 15.9 Å². The Morgan fingerprint density at radius 3 is 2.38 bits per heavy atom. The van der Waals surface area contributed by atoms with Crippen LogP contribution >= 0.6 is 15.9 Å². The van der Waals surface area contributed by atoms with Crippen molar-refractivity contribution in [3.8, 4) is 6.19 Å². The Labute approximate surface area is 55.7 Å². The molecule has 0 fully saturated rings. The minimum absolute atomic E-state index is 0.243. The van der Waals surface area contributed by atoms with E-state index in [-0.39, 0.29) is 4.66 Å². The second-order valence-electron chi connectivity index (χ2n) is 0.938. The van der Waals surface area contributed by atoms with Crippen molar-refractivity contribution in [2.75, 3.05) is 4.66 Å². The van der Waals surface area contributed by atoms with Gasteiger partial charge in [-0.05, 0) is 0 Å². The fraction of sp³-hybridized carbons (Fsp3) is 0.500. The van der Waals surface area contributed by atoms with Gasteiger partial charge in [0.05, 0.1) is 0 Å². The average Bonchev–Trinajstić information content (AvgIpc) is 1.67. The molecule has 0 heterocycles. The molecule has 0 amide bonds. The molecule has 8 heavy (non-hydrogen) atoms. The van der Waals surface area contributed by atoms with Gasteiger partial charge < -0.3 is 0 Å². The van der Waals surface area contributed by atoms with E-state index in [1.165, 1.54) is 6.19 Å². The molecule has 0 atom stereocenters. The first-order valence-corrected chi connectivity index (χ1v) is 4.34. The molecule has 0 radical (unpaired) electrons. The van der Waals surface area contributed by atoms with E-state index in [4.69, 9.17) is 5.26 Å². The van der Waals surface area contributed by atoms with Crippen LogP contribution < -0.4 is 4.72 Å². The maximum Gasteiger partial charge on any atom is 0.250 e. The highest BCUT2D eigenvalue weighted by atomic mass is 79.9. The van der Waals surface area contributed by atoms with E-state index >= 15 is 0 Å². The van der Waals surface area contributed by atoms with Gasteiger partial charge >= 0.3 is 0 Å². The number of nitrogens with zero attached hydrogens (tertiary/aromatic N) is 1. The summed E-state index contributed by atoms with van der Waals surface area (Å²) in [5, 5.41) is 7.77. The lowest BCUT2D eigenvalue weighted by Crippen LogP contribution is -2.18. The third-order valence-electron chi connectivity index (χ3n) is 0.345. The van der Waals surface area contributed by atoms with E-state index in [9.17, 15) is 8.42 Å². The molecule has 0 spiro atoms. The van der Waals surface area contributed by atoms with Crippen LogP contribution in [0.2, 0.25) is 0 Å². The summed E-state index contributed by atoms with van der Waals surface area (Å²) in [6, 6.07) is 0. The van der Waals surface area contributed by atoms with Gasteiger partial charge in [0, 0.05) is 0 Å². The van der Waals surface area contributed by atoms with Gasteiger partial charge in [-0.25, -0.2) is 13.1 Å². The third kappa shape index (κ3) is 2.82. The standard InChI is InChI=1S/C2H3BrN2O2S/c3-1-8(6,7)5-2-4/h5H,1H2. The van der Waals surface area contributed by atoms with E-state index in [1.54, 1.807) is 4.72 Å². The van der Waals surface area contributed by atoms with Crippen LogP contribution in [0.25, 0.3) is 0 Å². The van der Waals surface area contributed by atoms with Crippen LogP contribution in [-0.4, -0.2) is 13.1 Å². The lowest BCUT2D eigenvalue weighted by Gasteiger charge is -1.89. The number of sulfonamides is 1. The number of halogens is 1. The van der Waals surface area contributed by atoms with Gasteiger partial charge in [0.25, 0.3) is 10.0 Å². The molecular weight excluding hydrogens is 196 g/mol. The number of nitriles is 1. The molecule has 0 aliphatic heterocycles. The van der Waals surface area contributed by atoms with E-state index < -0.39 is 10.0 Å². The zero-order valence-corrected chi connectivity index (χ0v) is 6.16. The van der Waals surface area contributed by atoms with Crippen LogP contribution in [0.1, 0.15) is 0 Å². The minimum atomic E-state index is -3.36. The summed E-state index contributed by atoms with van der Waals surface area (Å²) >= 11 is 2.67. The Morgan fingerprint density at radius 2 is 2.25 bits per heavy atom. The number of hydrogen-bond acceptors (Lipinski definition) is 3. The van der Waals surface area contributed by atoms with Crippen molar-refractivity contribution in [2.45, 2.75) is 0 Å². The summed E-state index contributed by atoms with van der Waals surface area (Å²) < 4.78 is 21.8. The average molecular weight is 199 g/mol. The van der Waals surface area contributed by atoms with Crippen molar-refractivity contribution in [3.05, 3.63) is 0 Å². The van der Waals surface area contributed by atoms with Gasteiger partial charge in [0.2, 0.25) is 0 Å². The zero-order chi connectivity index (χ0) is 6.62. The predicted molar refractivity (Wildman–Crippen MR) is 31.5 cm³/mol. The molecule has 0 saturated carbocycles. The molecule has 0 aliphatic rings. The molecular formula is C2H3BrN2O2S. The topological polar surface area (TPSA) is 70.0 Å². The molecule has 0 rings (SSSR count). The second-order valence-corrected chi connectivity index (χ2v) is 3.96. The quantitative estimate of drug-likeness (QED) is 0.378. The zero-order valence-electron chi connectivity index (χ0n) is 3.76. The molecule has 4 nitrogen and oxygen atoms in total. The van der Waals surface area contributed by atoms with E-state index in [1.807, 2.05) is 0 Å². The van der Waals surface area contributed by atoms with Gasteiger partial charge in [-0.15, -0.1) is 0 Å². The molecule has 0 unspecified atom stereocenters. The number of hydrogen-bond donors (Lipinski definition) is 1. The molecule has 0 aromatic rings. The van der Waals surface area contributed by atoms with Gasteiger partial charge in [0.1, 0.15) is 4.66 Å². The molecule has 6 heteroatoms. The summed E-state index contributed by atoms with van der Waals surface area (Å²) in [4.78, 5) is 0. The summed E-state index contributed by atoms with van der Waals surface area (Å²) in [7, 11) is -3.36. The smallest absolute Gasteiger partial charge is 0.219 e. The minimum Gasteiger partial charge on any atom is -0.219 e. The number of nitrogens with one attached hydrogen (secondary N) is 1. The fourth-order valence-electron chi connectivity index (χ4n) is 0.0968. The normalized spacial score (nSPS) is 10.0. The molecule has 0 aromatic heterocycles. The van der Waals surface area contributed by atoms with Gasteiger partial charge in [-0.1, -0.05) is 15.9 Å². The molecule has 46 valence electrons. The van der Waals surface area contributed by atoms with Gasteiger partial charge in [0.15, 0.2) is 6.19 Å². The van der Waals surface area contributed by atoms with Crippen molar-refractivity contribution >= 4 is 26.0 Å². The maximum absolute atomic E-state index is 10.2. The van der Waals surface area contributed by atoms with Crippen LogP contribution in [0, 0.1) is 11.5 Å². The molecule has 0 bridgehead atoms. The third-order valence-corrected chi connectivity index (χ3v) is 2.84. The maximum atomic E-state index is 10.2. The van der Waals surface area contributed by atoms with Crippen LogP contribution in [0.3, 0.4) is 0 Å². The summed E-state index contributed by atoms with van der Waals surface area (Å²) in [6.07, 6.45) is 1.29. The number of alkyl halides is 1. The second kappa shape index (κ2) is 2.89. The predicted octanol–water partition coefficient (Wildman–Crippen LogP) is -0.261. The fourth-order valence-corrected chi connectivity index (χ4v) is 0.634. The summed E-state index contributed by atoms with van der Waals surface area (Å²) in [5.41, 5.74) is 0. The highest BCUT2D eigenvalue weighted by molar-refractivity contribution is 9.10. The lowest BCUT2D eigenvalue weighted by molar-refractivity contribution is 0.596. The Kier molecular flexibility index (Phi) is 2.79. The van der Waals surface area contributed by atoms with Crippen LogP contribution in [0.5, 0.6) is 0 Å². The van der Waals surface area contributed by atoms with Crippen molar-refractivity contribution in [2.24, 2.45) is 0 Å². The van der Waals surface area contributed by atoms with Gasteiger partial charge in [-0.3, -0.25) is 0 Å². The lowest BCUT2D eigenvalue weighted by atomic mass is 11.5. The van der Waals surface area contributed by atoms with Crippen molar-refractivity contribution in [1.29, 1.82) is 5.26 Å². The van der Waals surface area contributed by atoms with Crippen LogP contribution in [0.4, 0.5) is 0 Å². The Balaban J connectivity index is 4.01. The van der Waals surface area contributed by atoms with Gasteiger partial charge in [-0.2, -0.15) is 5.26 Å². The molecule has 0 aromatic carbocycles. The summed E-state index contributed by atoms with van der Waals surface area (Å²) in [6.45, 7) is 0. The largest absolute Gasteiger partial charge is 0.250 e. The van der Waals surface area contributed by atoms with E-state index in [0.717, 1.165) is 0 Å². The highest BCUT2D eigenvalue weighted by Gasteiger charge is 2.02. The Bertz CT molecular complexity index is 191. The SMILES string of the molecule is N#CNS(=O)(=O)CBr. The highest BCUT2D eigenvalue weighted by Crippen LogP contribution is 1.87. The molecule has 0 aliphatic carbocycles. The first-order valence-electron chi connectivity index (χ1n) is 1.57. The number of rotatable bonds is 2. The molecule has 1 N–H and O–H groups in total. The van der Waals surface area contributed by atoms with Crippen LogP contribution in [0.15, 0.2) is 0 Å².